The van der Waals surface area contributed by atoms with Gasteiger partial charge in [-0.15, -0.1) is 0 Å². The van der Waals surface area contributed by atoms with E-state index in [2.05, 4.69) is 5.32 Å². The van der Waals surface area contributed by atoms with Crippen molar-refractivity contribution in [1.82, 2.24) is 5.32 Å². The number of aliphatic hydroxyl groups excluding tert-OH is 1. The smallest absolute Gasteiger partial charge is 0.408 e. The molecule has 0 radical (unpaired) electrons. The largest absolute Gasteiger partial charge is 0.548 e. The maximum atomic E-state index is 11.9. The SMILES string of the molecule is CC(C)(C)OC(=O)N[C@H](C(=O)[O-])[C@@H](O)c1cccc(Oc2ccccc2)c1. The Balaban J connectivity index is 2.15. The van der Waals surface area contributed by atoms with Crippen molar-refractivity contribution in [2.45, 2.75) is 38.5 Å². The molecule has 2 N–H and O–H groups in total. The molecule has 0 saturated carbocycles. The summed E-state index contributed by atoms with van der Waals surface area (Å²) in [6.07, 6.45) is -2.52. The number of benzene rings is 2. The molecule has 7 heteroatoms. The van der Waals surface area contributed by atoms with Gasteiger partial charge in [0.15, 0.2) is 0 Å². The number of ether oxygens (including phenoxy) is 2. The summed E-state index contributed by atoms with van der Waals surface area (Å²) >= 11 is 0. The Labute approximate surface area is 157 Å². The van der Waals surface area contributed by atoms with Gasteiger partial charge < -0.3 is 29.8 Å². The molecule has 0 fully saturated rings. The number of hydrogen-bond donors (Lipinski definition) is 2. The quantitative estimate of drug-likeness (QED) is 0.804. The van der Waals surface area contributed by atoms with Gasteiger partial charge >= 0.3 is 6.09 Å². The van der Waals surface area contributed by atoms with E-state index in [0.29, 0.717) is 11.5 Å². The Morgan fingerprint density at radius 3 is 2.26 bits per heavy atom. The molecule has 0 aliphatic carbocycles. The standard InChI is InChI=1S/C20H23NO6/c1-20(2,3)27-19(25)21-16(18(23)24)17(22)13-8-7-11-15(12-13)26-14-9-5-4-6-10-14/h4-12,16-17,22H,1-3H3,(H,21,25)(H,23,24)/p-1/t16-,17-/m0/s1. The fourth-order valence-electron chi connectivity index (χ4n) is 2.28. The normalized spacial score (nSPS) is 13.3. The van der Waals surface area contributed by atoms with E-state index < -0.39 is 29.8 Å². The van der Waals surface area contributed by atoms with Crippen LogP contribution in [0.5, 0.6) is 11.5 Å². The first-order valence-corrected chi connectivity index (χ1v) is 8.37. The Morgan fingerprint density at radius 2 is 1.67 bits per heavy atom. The summed E-state index contributed by atoms with van der Waals surface area (Å²) in [5.74, 6) is -0.637. The zero-order valence-corrected chi connectivity index (χ0v) is 15.3. The number of carboxylic acid groups (broad SMARTS) is 1. The molecule has 2 aromatic carbocycles. The van der Waals surface area contributed by atoms with Crippen LogP contribution in [0.4, 0.5) is 4.79 Å². The number of amides is 1. The van der Waals surface area contributed by atoms with Gasteiger partial charge in [-0.25, -0.2) is 4.79 Å². The number of carbonyl (C=O) groups excluding carboxylic acids is 2. The van der Waals surface area contributed by atoms with E-state index in [1.54, 1.807) is 45.0 Å². The second kappa shape index (κ2) is 8.55. The van der Waals surface area contributed by atoms with Crippen LogP contribution in [0.25, 0.3) is 0 Å². The second-order valence-electron chi connectivity index (χ2n) is 6.88. The molecule has 0 bridgehead atoms. The third-order valence-electron chi connectivity index (χ3n) is 3.42. The Hall–Kier alpha value is -3.06. The van der Waals surface area contributed by atoms with Crippen LogP contribution in [0, 0.1) is 0 Å². The highest BCUT2D eigenvalue weighted by Crippen LogP contribution is 2.26. The monoisotopic (exact) mass is 372 g/mol. The van der Waals surface area contributed by atoms with Gasteiger partial charge in [0.1, 0.15) is 29.2 Å². The van der Waals surface area contributed by atoms with Crippen LogP contribution in [0.3, 0.4) is 0 Å². The van der Waals surface area contributed by atoms with Crippen molar-refractivity contribution in [1.29, 1.82) is 0 Å². The molecule has 7 nitrogen and oxygen atoms in total. The highest BCUT2D eigenvalue weighted by Gasteiger charge is 2.27. The first kappa shape index (κ1) is 20.3. The molecule has 0 aromatic heterocycles. The summed E-state index contributed by atoms with van der Waals surface area (Å²) in [4.78, 5) is 23.3. The Bertz CT molecular complexity index is 785. The minimum Gasteiger partial charge on any atom is -0.548 e. The van der Waals surface area contributed by atoms with Crippen molar-refractivity contribution in [3.63, 3.8) is 0 Å². The third kappa shape index (κ3) is 6.31. The Kier molecular flexibility index (Phi) is 6.41. The lowest BCUT2D eigenvalue weighted by molar-refractivity contribution is -0.310. The Morgan fingerprint density at radius 1 is 1.04 bits per heavy atom. The van der Waals surface area contributed by atoms with Crippen LogP contribution >= 0.6 is 0 Å². The molecule has 2 rings (SSSR count). The molecule has 0 aliphatic heterocycles. The molecule has 2 aromatic rings. The van der Waals surface area contributed by atoms with E-state index in [1.807, 2.05) is 18.2 Å². The van der Waals surface area contributed by atoms with Crippen molar-refractivity contribution in [3.8, 4) is 11.5 Å². The van der Waals surface area contributed by atoms with Crippen LogP contribution in [0.1, 0.15) is 32.4 Å². The fourth-order valence-corrected chi connectivity index (χ4v) is 2.28. The molecule has 27 heavy (non-hydrogen) atoms. The molecule has 0 aliphatic rings. The number of aliphatic carboxylic acids is 1. The number of carbonyl (C=O) groups is 2. The minimum absolute atomic E-state index is 0.244. The molecular weight excluding hydrogens is 350 g/mol. The van der Waals surface area contributed by atoms with Gasteiger partial charge in [-0.05, 0) is 50.6 Å². The van der Waals surface area contributed by atoms with Gasteiger partial charge in [-0.1, -0.05) is 30.3 Å². The molecule has 0 spiro atoms. The lowest BCUT2D eigenvalue weighted by Crippen LogP contribution is -2.52. The van der Waals surface area contributed by atoms with Crippen molar-refractivity contribution in [2.24, 2.45) is 0 Å². The van der Waals surface area contributed by atoms with Crippen LogP contribution in [0.15, 0.2) is 54.6 Å². The first-order valence-electron chi connectivity index (χ1n) is 8.37. The van der Waals surface area contributed by atoms with Gasteiger partial charge in [-0.2, -0.15) is 0 Å². The number of carboxylic acids is 1. The van der Waals surface area contributed by atoms with Crippen LogP contribution < -0.4 is 15.2 Å². The molecule has 0 heterocycles. The predicted molar refractivity (Wildman–Crippen MR) is 96.1 cm³/mol. The highest BCUT2D eigenvalue weighted by atomic mass is 16.6. The highest BCUT2D eigenvalue weighted by molar-refractivity contribution is 5.79. The van der Waals surface area contributed by atoms with E-state index >= 15 is 0 Å². The van der Waals surface area contributed by atoms with Gasteiger partial charge in [0.2, 0.25) is 0 Å². The van der Waals surface area contributed by atoms with E-state index in [9.17, 15) is 19.8 Å². The summed E-state index contributed by atoms with van der Waals surface area (Å²) in [6, 6.07) is 13.6. The average Bonchev–Trinajstić information content (AvgIpc) is 2.58. The van der Waals surface area contributed by atoms with Crippen molar-refractivity contribution >= 4 is 12.1 Å². The fraction of sp³-hybridized carbons (Fsp3) is 0.300. The summed E-state index contributed by atoms with van der Waals surface area (Å²) in [7, 11) is 0. The summed E-state index contributed by atoms with van der Waals surface area (Å²) < 4.78 is 10.7. The molecule has 2 atom stereocenters. The maximum absolute atomic E-state index is 11.9. The summed E-state index contributed by atoms with van der Waals surface area (Å²) in [5.41, 5.74) is -0.566. The molecule has 0 saturated heterocycles. The maximum Gasteiger partial charge on any atom is 0.408 e. The number of alkyl carbamates (subject to hydrolysis) is 1. The van der Waals surface area contributed by atoms with E-state index in [4.69, 9.17) is 9.47 Å². The van der Waals surface area contributed by atoms with E-state index in [0.717, 1.165) is 0 Å². The van der Waals surface area contributed by atoms with Crippen LogP contribution in [0.2, 0.25) is 0 Å². The number of para-hydroxylation sites is 1. The van der Waals surface area contributed by atoms with Crippen LogP contribution in [-0.2, 0) is 9.53 Å². The first-order chi connectivity index (χ1) is 12.7. The zero-order chi connectivity index (χ0) is 20.0. The number of aliphatic hydroxyl groups is 1. The lowest BCUT2D eigenvalue weighted by atomic mass is 10.0. The average molecular weight is 372 g/mol. The van der Waals surface area contributed by atoms with Gasteiger partial charge in [-0.3, -0.25) is 0 Å². The number of nitrogens with one attached hydrogen (secondary N) is 1. The molecule has 1 amide bonds. The topological polar surface area (TPSA) is 108 Å². The molecule has 0 unspecified atom stereocenters. The number of rotatable bonds is 6. The third-order valence-corrected chi connectivity index (χ3v) is 3.42. The zero-order valence-electron chi connectivity index (χ0n) is 15.3. The number of hydrogen-bond acceptors (Lipinski definition) is 6. The minimum atomic E-state index is -1.69. The summed E-state index contributed by atoms with van der Waals surface area (Å²) in [6.45, 7) is 4.92. The lowest BCUT2D eigenvalue weighted by Gasteiger charge is -2.27. The van der Waals surface area contributed by atoms with Gasteiger partial charge in [0, 0.05) is 0 Å². The molecular formula is C20H22NO6-. The van der Waals surface area contributed by atoms with Gasteiger partial charge in [0.05, 0.1) is 5.97 Å². The van der Waals surface area contributed by atoms with Crippen molar-refractivity contribution in [2.75, 3.05) is 0 Å². The van der Waals surface area contributed by atoms with E-state index in [1.165, 1.54) is 12.1 Å². The summed E-state index contributed by atoms with van der Waals surface area (Å²) in [5, 5.41) is 24.0. The predicted octanol–water partition coefficient (Wildman–Crippen LogP) is 2.16. The second-order valence-corrected chi connectivity index (χ2v) is 6.88. The molecule has 144 valence electrons. The van der Waals surface area contributed by atoms with Crippen LogP contribution in [-0.4, -0.2) is 28.8 Å². The van der Waals surface area contributed by atoms with Crippen molar-refractivity contribution in [3.05, 3.63) is 60.2 Å². The van der Waals surface area contributed by atoms with Gasteiger partial charge in [0.25, 0.3) is 0 Å². The van der Waals surface area contributed by atoms with E-state index in [-0.39, 0.29) is 5.56 Å². The van der Waals surface area contributed by atoms with Crippen molar-refractivity contribution < 1.29 is 29.3 Å².